The maximum atomic E-state index is 12.3. The van der Waals surface area contributed by atoms with Gasteiger partial charge in [-0.05, 0) is 86.1 Å². The summed E-state index contributed by atoms with van der Waals surface area (Å²) in [4.78, 5) is 36.1. The summed E-state index contributed by atoms with van der Waals surface area (Å²) in [6.07, 6.45) is 4.79. The lowest BCUT2D eigenvalue weighted by atomic mass is 10.0. The highest BCUT2D eigenvalue weighted by Crippen LogP contribution is 2.36. The van der Waals surface area contributed by atoms with Crippen molar-refractivity contribution in [3.05, 3.63) is 70.9 Å². The molecule has 0 saturated carbocycles. The predicted octanol–water partition coefficient (Wildman–Crippen LogP) is 4.22. The summed E-state index contributed by atoms with van der Waals surface area (Å²) < 4.78 is 10.5. The zero-order valence-electron chi connectivity index (χ0n) is 23.3. The fraction of sp³-hybridized carbons (Fsp3) is 0.400. The topological polar surface area (TPSA) is 132 Å². The van der Waals surface area contributed by atoms with Crippen molar-refractivity contribution in [2.75, 3.05) is 13.1 Å². The van der Waals surface area contributed by atoms with Crippen LogP contribution < -0.4 is 21.7 Å². The van der Waals surface area contributed by atoms with Crippen LogP contribution >= 0.6 is 12.2 Å². The first-order chi connectivity index (χ1) is 19.0. The molecule has 0 radical (unpaired) electrons. The highest BCUT2D eigenvalue weighted by Gasteiger charge is 2.19. The number of rotatable bonds is 11. The Balaban J connectivity index is 1.27. The van der Waals surface area contributed by atoms with E-state index in [1.54, 1.807) is 20.8 Å². The molecular formula is C30H38N4O5S. The van der Waals surface area contributed by atoms with E-state index in [2.05, 4.69) is 34.1 Å². The molecule has 10 heteroatoms. The van der Waals surface area contributed by atoms with Gasteiger partial charge in [0.1, 0.15) is 17.9 Å². The molecule has 0 heterocycles. The Labute approximate surface area is 240 Å². The zero-order valence-corrected chi connectivity index (χ0v) is 24.1. The normalized spacial score (nSPS) is 12.1. The number of nitrogens with one attached hydrogen (secondary N) is 3. The molecule has 0 aliphatic heterocycles. The van der Waals surface area contributed by atoms with Crippen LogP contribution in [0.1, 0.15) is 63.1 Å². The quantitative estimate of drug-likeness (QED) is 0.117. The third kappa shape index (κ3) is 10.00. The number of alkyl carbamates (subject to hydrolysis) is 1. The van der Waals surface area contributed by atoms with Crippen molar-refractivity contribution in [1.29, 1.82) is 0 Å². The van der Waals surface area contributed by atoms with Gasteiger partial charge >= 0.3 is 12.1 Å². The van der Waals surface area contributed by atoms with E-state index < -0.39 is 23.6 Å². The number of carbonyl (C=O) groups is 3. The molecule has 0 saturated heterocycles. The molecule has 5 N–H and O–H groups in total. The lowest BCUT2D eigenvalue weighted by Crippen LogP contribution is -2.42. The highest BCUT2D eigenvalue weighted by atomic mass is 32.1. The fourth-order valence-corrected chi connectivity index (χ4v) is 4.39. The van der Waals surface area contributed by atoms with Crippen LogP contribution in [0.4, 0.5) is 4.79 Å². The Morgan fingerprint density at radius 3 is 2.35 bits per heavy atom. The number of amides is 2. The molecule has 0 unspecified atom stereocenters. The first-order valence-corrected chi connectivity index (χ1v) is 13.8. The van der Waals surface area contributed by atoms with Gasteiger partial charge in [-0.15, -0.1) is 0 Å². The zero-order chi connectivity index (χ0) is 29.1. The molecule has 2 aromatic carbocycles. The molecule has 0 fully saturated rings. The number of unbranched alkanes of at least 4 members (excludes halogenated alkanes) is 3. The molecule has 0 atom stereocenters. The Bertz CT molecular complexity index is 1270. The predicted molar refractivity (Wildman–Crippen MR) is 158 cm³/mol. The molecule has 0 bridgehead atoms. The maximum Gasteiger partial charge on any atom is 0.413 e. The Kier molecular flexibility index (Phi) is 11.1. The summed E-state index contributed by atoms with van der Waals surface area (Å²) in [5.41, 5.74) is 10.7. The number of carbonyl (C=O) groups excluding carboxylic acids is 3. The summed E-state index contributed by atoms with van der Waals surface area (Å²) >= 11 is 5.07. The minimum Gasteiger partial charge on any atom is -0.456 e. The second-order valence-electron chi connectivity index (χ2n) is 10.6. The van der Waals surface area contributed by atoms with E-state index in [1.165, 1.54) is 16.7 Å². The van der Waals surface area contributed by atoms with Crippen LogP contribution in [-0.2, 0) is 32.1 Å². The fourth-order valence-electron chi connectivity index (χ4n) is 4.20. The van der Waals surface area contributed by atoms with Crippen molar-refractivity contribution in [2.45, 2.75) is 65.1 Å². The largest absolute Gasteiger partial charge is 0.456 e. The third-order valence-corrected chi connectivity index (χ3v) is 6.30. The van der Waals surface area contributed by atoms with E-state index in [4.69, 9.17) is 27.4 Å². The van der Waals surface area contributed by atoms with Crippen LogP contribution in [0, 0.1) is 0 Å². The molecule has 40 heavy (non-hydrogen) atoms. The van der Waals surface area contributed by atoms with Crippen LogP contribution in [0.2, 0.25) is 0 Å². The van der Waals surface area contributed by atoms with Gasteiger partial charge in [-0.25, -0.2) is 9.59 Å². The molecule has 1 aliphatic rings. The van der Waals surface area contributed by atoms with Crippen molar-refractivity contribution in [2.24, 2.45) is 5.73 Å². The summed E-state index contributed by atoms with van der Waals surface area (Å²) in [6.45, 7) is 6.48. The number of nitrogens with two attached hydrogens (primary N) is 1. The second-order valence-corrected chi connectivity index (χ2v) is 11.0. The summed E-state index contributed by atoms with van der Waals surface area (Å²) in [5, 5.41) is 8.39. The number of ether oxygens (including phenoxy) is 2. The molecule has 3 rings (SSSR count). The average molecular weight is 567 g/mol. The maximum absolute atomic E-state index is 12.3. The van der Waals surface area contributed by atoms with Gasteiger partial charge in [0.25, 0.3) is 0 Å². The minimum atomic E-state index is -0.734. The first-order valence-electron chi connectivity index (χ1n) is 13.4. The third-order valence-electron chi connectivity index (χ3n) is 6.06. The van der Waals surface area contributed by atoms with Crippen LogP contribution in [0.5, 0.6) is 0 Å². The van der Waals surface area contributed by atoms with E-state index in [9.17, 15) is 14.4 Å². The van der Waals surface area contributed by atoms with Crippen molar-refractivity contribution in [3.8, 4) is 11.1 Å². The second kappa shape index (κ2) is 14.5. The van der Waals surface area contributed by atoms with Gasteiger partial charge < -0.3 is 25.8 Å². The lowest BCUT2D eigenvalue weighted by molar-refractivity contribution is -0.140. The number of benzene rings is 2. The number of esters is 1. The summed E-state index contributed by atoms with van der Waals surface area (Å²) in [7, 11) is 0. The van der Waals surface area contributed by atoms with Gasteiger partial charge in [-0.3, -0.25) is 10.1 Å². The standard InChI is InChI=1S/C30H38N4O5S/c1-30(2,3)39-29(37)34-28(40)33-15-9-5-4-8-14-32-26(35)18-25(31)27(36)38-19-20-12-13-22-17-21-10-6-7-11-23(21)24(22)16-20/h6-7,10-13,16,18H,4-5,8-9,14-15,17,19,31H2,1-3H3,(H,32,35)(H2,33,34,37,40). The molecule has 1 aliphatic carbocycles. The van der Waals surface area contributed by atoms with E-state index in [0.717, 1.165) is 49.3 Å². The van der Waals surface area contributed by atoms with Gasteiger partial charge in [0, 0.05) is 19.2 Å². The van der Waals surface area contributed by atoms with E-state index in [-0.39, 0.29) is 17.4 Å². The van der Waals surface area contributed by atoms with Gasteiger partial charge in [-0.2, -0.15) is 0 Å². The molecule has 2 amide bonds. The summed E-state index contributed by atoms with van der Waals surface area (Å²) in [5.74, 6) is -1.17. The Morgan fingerprint density at radius 2 is 1.62 bits per heavy atom. The molecule has 0 aromatic heterocycles. The van der Waals surface area contributed by atoms with E-state index in [1.807, 2.05) is 24.3 Å². The molecule has 9 nitrogen and oxygen atoms in total. The van der Waals surface area contributed by atoms with Gasteiger partial charge in [0.2, 0.25) is 5.91 Å². The monoisotopic (exact) mass is 566 g/mol. The number of fused-ring (bicyclic) bond motifs is 3. The molecular weight excluding hydrogens is 528 g/mol. The minimum absolute atomic E-state index is 0.0705. The van der Waals surface area contributed by atoms with E-state index in [0.29, 0.717) is 13.1 Å². The Morgan fingerprint density at radius 1 is 0.950 bits per heavy atom. The Hall–Kier alpha value is -3.92. The van der Waals surface area contributed by atoms with Crippen molar-refractivity contribution < 1.29 is 23.9 Å². The number of thiocarbonyl (C=S) groups is 1. The van der Waals surface area contributed by atoms with Crippen LogP contribution in [-0.4, -0.2) is 41.8 Å². The first kappa shape index (κ1) is 30.6. The van der Waals surface area contributed by atoms with Crippen molar-refractivity contribution >= 4 is 35.3 Å². The van der Waals surface area contributed by atoms with Gasteiger partial charge in [-0.1, -0.05) is 49.2 Å². The number of hydrogen-bond donors (Lipinski definition) is 4. The van der Waals surface area contributed by atoms with Crippen LogP contribution in [0.15, 0.2) is 54.2 Å². The number of hydrogen-bond acceptors (Lipinski definition) is 7. The van der Waals surface area contributed by atoms with Crippen LogP contribution in [0.25, 0.3) is 11.1 Å². The average Bonchev–Trinajstić information content (AvgIpc) is 3.25. The van der Waals surface area contributed by atoms with Crippen molar-refractivity contribution in [1.82, 2.24) is 16.0 Å². The highest BCUT2D eigenvalue weighted by molar-refractivity contribution is 7.80. The SMILES string of the molecule is CC(C)(C)OC(=O)NC(=S)NCCCCCCNC(=O)C=C(N)C(=O)OCc1ccc2c(c1)-c1ccccc1C2. The van der Waals surface area contributed by atoms with Crippen LogP contribution in [0.3, 0.4) is 0 Å². The van der Waals surface area contributed by atoms with Gasteiger partial charge in [0.15, 0.2) is 5.11 Å². The van der Waals surface area contributed by atoms with Crippen molar-refractivity contribution in [3.63, 3.8) is 0 Å². The smallest absolute Gasteiger partial charge is 0.413 e. The summed E-state index contributed by atoms with van der Waals surface area (Å²) in [6, 6.07) is 14.3. The lowest BCUT2D eigenvalue weighted by Gasteiger charge is -2.20. The molecule has 214 valence electrons. The molecule has 2 aromatic rings. The molecule has 0 spiro atoms. The van der Waals surface area contributed by atoms with E-state index >= 15 is 0 Å². The van der Waals surface area contributed by atoms with Gasteiger partial charge in [0.05, 0.1) is 0 Å².